The van der Waals surface area contributed by atoms with Crippen LogP contribution in [0.2, 0.25) is 0 Å². The second kappa shape index (κ2) is 7.65. The Hall–Kier alpha value is -3.64. The van der Waals surface area contributed by atoms with Crippen molar-refractivity contribution < 1.29 is 19.0 Å². The number of carbonyl (C=O) groups is 1. The lowest BCUT2D eigenvalue weighted by Crippen LogP contribution is -2.31. The summed E-state index contributed by atoms with van der Waals surface area (Å²) in [6.45, 7) is 1.85. The van der Waals surface area contributed by atoms with Crippen molar-refractivity contribution in [3.8, 4) is 17.2 Å². The van der Waals surface area contributed by atoms with Gasteiger partial charge in [-0.3, -0.25) is 14.7 Å². The zero-order valence-electron chi connectivity index (χ0n) is 16.5. The topological polar surface area (TPSA) is 60.9 Å². The van der Waals surface area contributed by atoms with Crippen molar-refractivity contribution in [3.05, 3.63) is 88.9 Å². The first kappa shape index (κ1) is 18.4. The van der Waals surface area contributed by atoms with E-state index in [0.29, 0.717) is 30.3 Å². The Kier molecular flexibility index (Phi) is 4.69. The largest absolute Gasteiger partial charge is 0.497 e. The summed E-state index contributed by atoms with van der Waals surface area (Å²) in [5, 5.41) is 0. The lowest BCUT2D eigenvalue weighted by Gasteiger charge is -2.29. The number of methoxy groups -OCH3 is 1. The molecule has 1 aromatic heterocycles. The smallest absolute Gasteiger partial charge is 0.231 e. The van der Waals surface area contributed by atoms with Gasteiger partial charge in [-0.05, 0) is 53.6 Å². The van der Waals surface area contributed by atoms with Crippen molar-refractivity contribution in [2.75, 3.05) is 13.8 Å². The number of allylic oxidation sites excluding steroid dienone is 1. The number of nitrogens with zero attached hydrogens (tertiary/aromatic N) is 2. The highest BCUT2D eigenvalue weighted by atomic mass is 16.5. The summed E-state index contributed by atoms with van der Waals surface area (Å²) in [5.74, 6) is 2.26. The average Bonchev–Trinajstić information content (AvgIpc) is 3.10. The van der Waals surface area contributed by atoms with Crippen molar-refractivity contribution in [2.45, 2.75) is 13.1 Å². The Bertz CT molecular complexity index is 1140. The molecule has 2 aromatic carbocycles. The van der Waals surface area contributed by atoms with Crippen LogP contribution in [0.4, 0.5) is 0 Å². The molecular formula is C24H20N2O4. The molecule has 5 rings (SSSR count). The Labute approximate surface area is 174 Å². The van der Waals surface area contributed by atoms with Gasteiger partial charge in [0.1, 0.15) is 24.0 Å². The number of carbonyl (C=O) groups excluding carboxylic acids is 1. The van der Waals surface area contributed by atoms with Crippen molar-refractivity contribution in [2.24, 2.45) is 0 Å². The molecule has 0 saturated heterocycles. The van der Waals surface area contributed by atoms with E-state index in [9.17, 15) is 4.79 Å². The van der Waals surface area contributed by atoms with Gasteiger partial charge in [0.05, 0.1) is 18.2 Å². The fourth-order valence-corrected chi connectivity index (χ4v) is 3.73. The Morgan fingerprint density at radius 3 is 2.87 bits per heavy atom. The van der Waals surface area contributed by atoms with Crippen LogP contribution >= 0.6 is 0 Å². The van der Waals surface area contributed by atoms with E-state index in [0.717, 1.165) is 34.7 Å². The maximum Gasteiger partial charge on any atom is 0.231 e. The fraction of sp³-hybridized carbons (Fsp3) is 0.167. The first-order chi connectivity index (χ1) is 14.7. The van der Waals surface area contributed by atoms with E-state index in [4.69, 9.17) is 14.2 Å². The molecule has 0 unspecified atom stereocenters. The number of fused-ring (bicyclic) bond motifs is 3. The third-order valence-electron chi connectivity index (χ3n) is 5.23. The monoisotopic (exact) mass is 400 g/mol. The van der Waals surface area contributed by atoms with Gasteiger partial charge < -0.3 is 14.2 Å². The fourth-order valence-electron chi connectivity index (χ4n) is 3.73. The molecule has 30 heavy (non-hydrogen) atoms. The number of Topliss-reactive ketones (excluding diaryl/α,β-unsaturated/α-hetero) is 1. The number of pyridine rings is 1. The van der Waals surface area contributed by atoms with Crippen molar-refractivity contribution in [1.82, 2.24) is 9.88 Å². The first-order valence-corrected chi connectivity index (χ1v) is 9.69. The minimum absolute atomic E-state index is 0.123. The van der Waals surface area contributed by atoms with Crippen LogP contribution in [0, 0.1) is 0 Å². The van der Waals surface area contributed by atoms with Crippen LogP contribution in [0.5, 0.6) is 17.2 Å². The van der Waals surface area contributed by atoms with E-state index in [1.807, 2.05) is 42.5 Å². The number of rotatable bonds is 4. The van der Waals surface area contributed by atoms with Crippen LogP contribution in [0.15, 0.2) is 66.7 Å². The molecule has 0 saturated carbocycles. The molecule has 150 valence electrons. The standard InChI is InChI=1S/C24H20N2O4/c1-28-18-4-2-3-17(11-18)12-22-23(27)19-5-6-21-20(24(19)30-22)14-26(15-29-21)13-16-7-9-25-10-8-16/h2-12H,13-15H2,1H3. The quantitative estimate of drug-likeness (QED) is 0.616. The van der Waals surface area contributed by atoms with Gasteiger partial charge in [-0.15, -0.1) is 0 Å². The molecule has 0 N–H and O–H groups in total. The number of benzene rings is 2. The maximum absolute atomic E-state index is 12.9. The highest BCUT2D eigenvalue weighted by Gasteiger charge is 2.33. The molecule has 0 atom stereocenters. The molecule has 0 aliphatic carbocycles. The van der Waals surface area contributed by atoms with Crippen LogP contribution < -0.4 is 14.2 Å². The van der Waals surface area contributed by atoms with E-state index in [1.165, 1.54) is 0 Å². The highest BCUT2D eigenvalue weighted by molar-refractivity contribution is 6.15. The SMILES string of the molecule is COc1cccc(C=C2Oc3c(ccc4c3CN(Cc3ccncc3)CO4)C2=O)c1. The molecule has 6 nitrogen and oxygen atoms in total. The normalized spacial score (nSPS) is 16.6. The molecule has 2 aliphatic rings. The maximum atomic E-state index is 12.9. The summed E-state index contributed by atoms with van der Waals surface area (Å²) in [6, 6.07) is 15.1. The number of hydrogen-bond donors (Lipinski definition) is 0. The van der Waals surface area contributed by atoms with Crippen LogP contribution in [0.3, 0.4) is 0 Å². The van der Waals surface area contributed by atoms with E-state index >= 15 is 0 Å². The summed E-state index contributed by atoms with van der Waals surface area (Å²) in [7, 11) is 1.61. The van der Waals surface area contributed by atoms with E-state index in [1.54, 1.807) is 31.6 Å². The van der Waals surface area contributed by atoms with Gasteiger partial charge in [0.25, 0.3) is 0 Å². The third-order valence-corrected chi connectivity index (χ3v) is 5.23. The van der Waals surface area contributed by atoms with Crippen LogP contribution in [-0.4, -0.2) is 29.5 Å². The van der Waals surface area contributed by atoms with Crippen LogP contribution in [0.1, 0.15) is 27.0 Å². The Morgan fingerprint density at radius 1 is 1.17 bits per heavy atom. The summed E-state index contributed by atoms with van der Waals surface area (Å²) in [6.07, 6.45) is 5.31. The molecular weight excluding hydrogens is 380 g/mol. The first-order valence-electron chi connectivity index (χ1n) is 9.69. The van der Waals surface area contributed by atoms with Gasteiger partial charge in [0.2, 0.25) is 5.78 Å². The van der Waals surface area contributed by atoms with E-state index in [-0.39, 0.29) is 5.78 Å². The Balaban J connectivity index is 1.43. The lowest BCUT2D eigenvalue weighted by molar-refractivity contribution is 0.0872. The molecule has 3 heterocycles. The van der Waals surface area contributed by atoms with Gasteiger partial charge in [0, 0.05) is 25.5 Å². The molecule has 0 radical (unpaired) electrons. The summed E-state index contributed by atoms with van der Waals surface area (Å²) in [5.41, 5.74) is 3.46. The molecule has 0 bridgehead atoms. The van der Waals surface area contributed by atoms with Crippen molar-refractivity contribution in [3.63, 3.8) is 0 Å². The van der Waals surface area contributed by atoms with Gasteiger partial charge in [-0.1, -0.05) is 12.1 Å². The molecule has 0 amide bonds. The Morgan fingerprint density at radius 2 is 2.03 bits per heavy atom. The van der Waals surface area contributed by atoms with Gasteiger partial charge in [0.15, 0.2) is 5.76 Å². The average molecular weight is 400 g/mol. The number of aromatic nitrogens is 1. The molecule has 2 aliphatic heterocycles. The van der Waals surface area contributed by atoms with Crippen LogP contribution in [0.25, 0.3) is 6.08 Å². The molecule has 6 heteroatoms. The van der Waals surface area contributed by atoms with Gasteiger partial charge in [-0.2, -0.15) is 0 Å². The summed E-state index contributed by atoms with van der Waals surface area (Å²) in [4.78, 5) is 19.2. The van der Waals surface area contributed by atoms with Crippen molar-refractivity contribution in [1.29, 1.82) is 0 Å². The molecule has 0 fully saturated rings. The van der Waals surface area contributed by atoms with E-state index < -0.39 is 0 Å². The van der Waals surface area contributed by atoms with Crippen LogP contribution in [-0.2, 0) is 13.1 Å². The van der Waals surface area contributed by atoms with Gasteiger partial charge in [-0.25, -0.2) is 0 Å². The molecule has 3 aromatic rings. The predicted molar refractivity (Wildman–Crippen MR) is 111 cm³/mol. The highest BCUT2D eigenvalue weighted by Crippen LogP contribution is 2.42. The third kappa shape index (κ3) is 3.42. The zero-order chi connectivity index (χ0) is 20.5. The lowest BCUT2D eigenvalue weighted by atomic mass is 10.0. The minimum Gasteiger partial charge on any atom is -0.497 e. The summed E-state index contributed by atoms with van der Waals surface area (Å²) >= 11 is 0. The number of ether oxygens (including phenoxy) is 3. The summed E-state index contributed by atoms with van der Waals surface area (Å²) < 4.78 is 17.2. The van der Waals surface area contributed by atoms with E-state index in [2.05, 4.69) is 9.88 Å². The minimum atomic E-state index is -0.123. The van der Waals surface area contributed by atoms with Crippen molar-refractivity contribution >= 4 is 11.9 Å². The molecule has 0 spiro atoms. The number of ketones is 1. The predicted octanol–water partition coefficient (Wildman–Crippen LogP) is 4.06. The number of hydrogen-bond acceptors (Lipinski definition) is 6. The zero-order valence-corrected chi connectivity index (χ0v) is 16.5. The van der Waals surface area contributed by atoms with Gasteiger partial charge >= 0.3 is 0 Å². The second-order valence-electron chi connectivity index (χ2n) is 7.25. The second-order valence-corrected chi connectivity index (χ2v) is 7.25.